The zero-order valence-corrected chi connectivity index (χ0v) is 9.15. The number of halogens is 2. The van der Waals surface area contributed by atoms with Crippen molar-refractivity contribution >= 4 is 27.5 Å². The van der Waals surface area contributed by atoms with E-state index in [-0.39, 0.29) is 11.7 Å². The smallest absolute Gasteiger partial charge is 0.138 e. The fourth-order valence-electron chi connectivity index (χ4n) is 0.895. The Labute approximate surface area is 84.7 Å². The quantitative estimate of drug-likeness (QED) is 0.776. The summed E-state index contributed by atoms with van der Waals surface area (Å²) in [5.74, 6) is 0.344. The van der Waals surface area contributed by atoms with E-state index in [4.69, 9.17) is 11.6 Å². The van der Waals surface area contributed by atoms with Crippen LogP contribution >= 0.6 is 27.5 Å². The lowest BCUT2D eigenvalue weighted by atomic mass is 10.1. The normalized spacial score (nSPS) is 10.8. The fraction of sp³-hybridized carbons (Fsp3) is 0.375. The van der Waals surface area contributed by atoms with Crippen LogP contribution in [0.1, 0.15) is 25.5 Å². The van der Waals surface area contributed by atoms with Crippen LogP contribution in [0, 0.1) is 0 Å². The minimum absolute atomic E-state index is 0.151. The lowest BCUT2D eigenvalue weighted by Gasteiger charge is -2.07. The molecule has 66 valence electrons. The Morgan fingerprint density at radius 2 is 2.17 bits per heavy atom. The van der Waals surface area contributed by atoms with E-state index in [2.05, 4.69) is 20.9 Å². The second-order valence-corrected chi connectivity index (χ2v) is 3.98. The van der Waals surface area contributed by atoms with Gasteiger partial charge in [-0.25, -0.2) is 4.98 Å². The van der Waals surface area contributed by atoms with Crippen molar-refractivity contribution in [2.24, 2.45) is 0 Å². The average Bonchev–Trinajstić information content (AvgIpc) is 1.96. The van der Waals surface area contributed by atoms with Crippen molar-refractivity contribution < 1.29 is 5.11 Å². The summed E-state index contributed by atoms with van der Waals surface area (Å²) in [6.07, 6.45) is 0. The molecule has 0 radical (unpaired) electrons. The summed E-state index contributed by atoms with van der Waals surface area (Å²) in [5.41, 5.74) is 0.659. The lowest BCUT2D eigenvalue weighted by molar-refractivity contribution is 0.459. The maximum atomic E-state index is 9.42. The van der Waals surface area contributed by atoms with Gasteiger partial charge in [-0.2, -0.15) is 0 Å². The molecular formula is C8H9BrClNO. The van der Waals surface area contributed by atoms with Crippen LogP contribution in [0.15, 0.2) is 10.7 Å². The largest absolute Gasteiger partial charge is 0.506 e. The SMILES string of the molecule is CC(C)c1nc(Br)c(Cl)cc1O. The van der Waals surface area contributed by atoms with Crippen molar-refractivity contribution in [3.05, 3.63) is 21.4 Å². The Morgan fingerprint density at radius 1 is 1.58 bits per heavy atom. The fourth-order valence-corrected chi connectivity index (χ4v) is 1.35. The minimum atomic E-state index is 0.151. The standard InChI is InChI=1S/C8H9BrClNO/c1-4(2)7-6(12)3-5(10)8(9)11-7/h3-4,12H,1-2H3. The van der Waals surface area contributed by atoms with E-state index in [0.717, 1.165) is 0 Å². The topological polar surface area (TPSA) is 33.1 Å². The van der Waals surface area contributed by atoms with Crippen LogP contribution in [0.25, 0.3) is 0 Å². The maximum Gasteiger partial charge on any atom is 0.138 e. The van der Waals surface area contributed by atoms with E-state index in [1.165, 1.54) is 6.07 Å². The molecule has 0 saturated heterocycles. The summed E-state index contributed by atoms with van der Waals surface area (Å²) in [5, 5.41) is 9.85. The van der Waals surface area contributed by atoms with Crippen LogP contribution in [0.3, 0.4) is 0 Å². The van der Waals surface area contributed by atoms with Gasteiger partial charge in [0.15, 0.2) is 0 Å². The van der Waals surface area contributed by atoms with Crippen molar-refractivity contribution in [3.63, 3.8) is 0 Å². The van der Waals surface area contributed by atoms with E-state index in [0.29, 0.717) is 15.3 Å². The Hall–Kier alpha value is -0.280. The van der Waals surface area contributed by atoms with Crippen molar-refractivity contribution in [2.75, 3.05) is 0 Å². The summed E-state index contributed by atoms with van der Waals surface area (Å²) in [4.78, 5) is 4.11. The zero-order chi connectivity index (χ0) is 9.30. The number of aromatic hydroxyl groups is 1. The molecule has 0 unspecified atom stereocenters. The average molecular weight is 251 g/mol. The van der Waals surface area contributed by atoms with Gasteiger partial charge < -0.3 is 5.11 Å². The van der Waals surface area contributed by atoms with Crippen LogP contribution in [0.2, 0.25) is 5.02 Å². The third-order valence-corrected chi connectivity index (χ3v) is 2.61. The summed E-state index contributed by atoms with van der Waals surface area (Å²) in [7, 11) is 0. The summed E-state index contributed by atoms with van der Waals surface area (Å²) >= 11 is 8.92. The number of nitrogens with zero attached hydrogens (tertiary/aromatic N) is 1. The van der Waals surface area contributed by atoms with Gasteiger partial charge >= 0.3 is 0 Å². The molecule has 1 rings (SSSR count). The van der Waals surface area contributed by atoms with E-state index in [1.54, 1.807) is 0 Å². The molecule has 0 amide bonds. The van der Waals surface area contributed by atoms with E-state index < -0.39 is 0 Å². The highest BCUT2D eigenvalue weighted by atomic mass is 79.9. The molecule has 0 bridgehead atoms. The number of hydrogen-bond acceptors (Lipinski definition) is 2. The van der Waals surface area contributed by atoms with Gasteiger partial charge in [-0.1, -0.05) is 25.4 Å². The second-order valence-electron chi connectivity index (χ2n) is 2.82. The molecule has 0 saturated carbocycles. The molecule has 1 N–H and O–H groups in total. The first kappa shape index (κ1) is 9.81. The number of hydrogen-bond donors (Lipinski definition) is 1. The molecule has 4 heteroatoms. The van der Waals surface area contributed by atoms with Crippen molar-refractivity contribution in [2.45, 2.75) is 19.8 Å². The monoisotopic (exact) mass is 249 g/mol. The van der Waals surface area contributed by atoms with Crippen LogP contribution in [0.4, 0.5) is 0 Å². The highest BCUT2D eigenvalue weighted by Gasteiger charge is 2.10. The first-order chi connectivity index (χ1) is 5.52. The van der Waals surface area contributed by atoms with E-state index in [1.807, 2.05) is 13.8 Å². The Kier molecular flexibility index (Phi) is 2.96. The molecule has 0 atom stereocenters. The molecule has 0 fully saturated rings. The number of aromatic nitrogens is 1. The zero-order valence-electron chi connectivity index (χ0n) is 6.81. The molecular weight excluding hydrogens is 241 g/mol. The third-order valence-electron chi connectivity index (χ3n) is 1.49. The molecule has 0 aliphatic rings. The summed E-state index contributed by atoms with van der Waals surface area (Å²) in [6.45, 7) is 3.92. The Bertz CT molecular complexity index is 301. The third kappa shape index (κ3) is 1.90. The van der Waals surface area contributed by atoms with E-state index in [9.17, 15) is 5.11 Å². The van der Waals surface area contributed by atoms with Gasteiger partial charge in [0, 0.05) is 6.07 Å². The Balaban J connectivity index is 3.23. The van der Waals surface area contributed by atoms with Crippen molar-refractivity contribution in [3.8, 4) is 5.75 Å². The molecule has 2 nitrogen and oxygen atoms in total. The first-order valence-corrected chi connectivity index (χ1v) is 4.74. The molecule has 1 aromatic rings. The highest BCUT2D eigenvalue weighted by Crippen LogP contribution is 2.30. The minimum Gasteiger partial charge on any atom is -0.506 e. The van der Waals surface area contributed by atoms with Crippen LogP contribution < -0.4 is 0 Å². The van der Waals surface area contributed by atoms with Crippen molar-refractivity contribution in [1.29, 1.82) is 0 Å². The highest BCUT2D eigenvalue weighted by molar-refractivity contribution is 9.10. The predicted octanol–water partition coefficient (Wildman–Crippen LogP) is 3.33. The molecule has 0 aromatic carbocycles. The van der Waals surface area contributed by atoms with Crippen molar-refractivity contribution in [1.82, 2.24) is 4.98 Å². The molecule has 12 heavy (non-hydrogen) atoms. The first-order valence-electron chi connectivity index (χ1n) is 3.57. The van der Waals surface area contributed by atoms with Gasteiger partial charge in [-0.05, 0) is 21.8 Å². The van der Waals surface area contributed by atoms with Gasteiger partial charge in [0.2, 0.25) is 0 Å². The molecule has 1 heterocycles. The van der Waals surface area contributed by atoms with Gasteiger partial charge in [0.05, 0.1) is 10.7 Å². The number of pyridine rings is 1. The maximum absolute atomic E-state index is 9.42. The Morgan fingerprint density at radius 3 is 2.67 bits per heavy atom. The van der Waals surface area contributed by atoms with Gasteiger partial charge in [0.1, 0.15) is 10.4 Å². The summed E-state index contributed by atoms with van der Waals surface area (Å²) < 4.78 is 0.575. The van der Waals surface area contributed by atoms with Crippen LogP contribution in [-0.2, 0) is 0 Å². The predicted molar refractivity (Wildman–Crippen MR) is 52.7 cm³/mol. The lowest BCUT2D eigenvalue weighted by Crippen LogP contribution is -1.93. The second kappa shape index (κ2) is 3.62. The van der Waals surface area contributed by atoms with Gasteiger partial charge in [-0.3, -0.25) is 0 Å². The van der Waals surface area contributed by atoms with Gasteiger partial charge in [-0.15, -0.1) is 0 Å². The molecule has 0 aliphatic heterocycles. The van der Waals surface area contributed by atoms with Crippen LogP contribution in [-0.4, -0.2) is 10.1 Å². The van der Waals surface area contributed by atoms with E-state index >= 15 is 0 Å². The molecule has 0 aliphatic carbocycles. The van der Waals surface area contributed by atoms with Crippen LogP contribution in [0.5, 0.6) is 5.75 Å². The molecule has 0 spiro atoms. The van der Waals surface area contributed by atoms with Gasteiger partial charge in [0.25, 0.3) is 0 Å². The molecule has 1 aromatic heterocycles. The number of rotatable bonds is 1. The summed E-state index contributed by atoms with van der Waals surface area (Å²) in [6, 6.07) is 1.49.